The van der Waals surface area contributed by atoms with Gasteiger partial charge in [0.2, 0.25) is 0 Å². The quantitative estimate of drug-likeness (QED) is 0.629. The number of nitro groups is 1. The van der Waals surface area contributed by atoms with Crippen LogP contribution < -0.4 is 0 Å². The zero-order valence-corrected chi connectivity index (χ0v) is 11.4. The molecule has 0 bridgehead atoms. The fourth-order valence-electron chi connectivity index (χ4n) is 2.34. The van der Waals surface area contributed by atoms with E-state index in [1.54, 1.807) is 0 Å². The molecule has 1 aliphatic heterocycles. The van der Waals surface area contributed by atoms with Gasteiger partial charge in [-0.3, -0.25) is 9.59 Å². The molecule has 21 heavy (non-hydrogen) atoms. The molecule has 0 saturated carbocycles. The summed E-state index contributed by atoms with van der Waals surface area (Å²) >= 11 is 0. The summed E-state index contributed by atoms with van der Waals surface area (Å²) in [6.45, 7) is 0.717. The number of carbonyl (C=O) groups excluding carboxylic acids is 1. The second kappa shape index (κ2) is 5.92. The highest BCUT2D eigenvalue weighted by atomic mass is 16.6. The minimum absolute atomic E-state index is 0.143. The van der Waals surface area contributed by atoms with Crippen LogP contribution >= 0.6 is 0 Å². The van der Waals surface area contributed by atoms with Crippen LogP contribution in [0.5, 0.6) is 0 Å². The van der Waals surface area contributed by atoms with Crippen molar-refractivity contribution in [3.63, 3.8) is 0 Å². The van der Waals surface area contributed by atoms with Crippen molar-refractivity contribution in [3.8, 4) is 0 Å². The van der Waals surface area contributed by atoms with Gasteiger partial charge in [0.05, 0.1) is 32.7 Å². The van der Waals surface area contributed by atoms with Gasteiger partial charge in [-0.25, -0.2) is 4.57 Å². The highest BCUT2D eigenvalue weighted by Gasteiger charge is 2.33. The lowest BCUT2D eigenvalue weighted by Gasteiger charge is -2.34. The molecule has 114 valence electrons. The number of hydrogen-bond acceptors (Lipinski definition) is 5. The Hall–Kier alpha value is -2.42. The van der Waals surface area contributed by atoms with Crippen molar-refractivity contribution >= 4 is 17.7 Å². The fourth-order valence-corrected chi connectivity index (χ4v) is 2.34. The van der Waals surface area contributed by atoms with Crippen LogP contribution in [0.1, 0.15) is 16.9 Å². The van der Waals surface area contributed by atoms with Gasteiger partial charge in [-0.05, 0) is 11.0 Å². The van der Waals surface area contributed by atoms with Gasteiger partial charge in [-0.2, -0.15) is 0 Å². The number of rotatable bonds is 4. The third-order valence-electron chi connectivity index (χ3n) is 3.40. The van der Waals surface area contributed by atoms with E-state index in [1.807, 2.05) is 0 Å². The maximum absolute atomic E-state index is 12.5. The Morgan fingerprint density at radius 1 is 1.52 bits per heavy atom. The van der Waals surface area contributed by atoms with Crippen molar-refractivity contribution in [1.82, 2.24) is 9.47 Å². The SMILES string of the molecule is Cn1c(C(=O)N2CCOCC2CC(=O)O)ccc1[N+](=O)[O-]. The third-order valence-corrected chi connectivity index (χ3v) is 3.40. The summed E-state index contributed by atoms with van der Waals surface area (Å²) < 4.78 is 6.39. The molecule has 1 unspecified atom stereocenters. The van der Waals surface area contributed by atoms with Crippen LogP contribution in [0.3, 0.4) is 0 Å². The van der Waals surface area contributed by atoms with Crippen LogP contribution in [0.2, 0.25) is 0 Å². The third kappa shape index (κ3) is 3.02. The van der Waals surface area contributed by atoms with E-state index < -0.39 is 22.8 Å². The van der Waals surface area contributed by atoms with Crippen LogP contribution in [-0.2, 0) is 16.6 Å². The van der Waals surface area contributed by atoms with E-state index in [0.29, 0.717) is 6.61 Å². The number of carbonyl (C=O) groups is 2. The van der Waals surface area contributed by atoms with Crippen molar-refractivity contribution < 1.29 is 24.4 Å². The normalized spacial score (nSPS) is 18.5. The molecule has 1 aromatic heterocycles. The number of nitrogens with zero attached hydrogens (tertiary/aromatic N) is 3. The Kier molecular flexibility index (Phi) is 4.22. The predicted octanol–water partition coefficient (Wildman–Crippen LogP) is 0.249. The smallest absolute Gasteiger partial charge is 0.323 e. The summed E-state index contributed by atoms with van der Waals surface area (Å²) in [4.78, 5) is 35.0. The molecule has 1 aromatic rings. The standard InChI is InChI=1S/C12H15N3O6/c1-13-9(2-3-10(13)15(19)20)12(18)14-4-5-21-7-8(14)6-11(16)17/h2-3,8H,4-7H2,1H3,(H,16,17). The lowest BCUT2D eigenvalue weighted by atomic mass is 10.1. The number of aliphatic carboxylic acids is 1. The molecule has 1 aliphatic rings. The summed E-state index contributed by atoms with van der Waals surface area (Å²) in [5.41, 5.74) is 0.152. The van der Waals surface area contributed by atoms with E-state index in [1.165, 1.54) is 28.6 Å². The average molecular weight is 297 g/mol. The van der Waals surface area contributed by atoms with E-state index in [0.717, 1.165) is 0 Å². The average Bonchev–Trinajstić information content (AvgIpc) is 2.80. The van der Waals surface area contributed by atoms with Crippen LogP contribution in [0.15, 0.2) is 12.1 Å². The second-order valence-corrected chi connectivity index (χ2v) is 4.72. The van der Waals surface area contributed by atoms with E-state index >= 15 is 0 Å². The molecular formula is C12H15N3O6. The molecule has 0 aromatic carbocycles. The van der Waals surface area contributed by atoms with Crippen LogP contribution in [0.25, 0.3) is 0 Å². The molecular weight excluding hydrogens is 282 g/mol. The molecule has 9 heteroatoms. The Bertz CT molecular complexity index is 582. The molecule has 0 aliphatic carbocycles. The first-order valence-electron chi connectivity index (χ1n) is 6.32. The molecule has 2 heterocycles. The number of morpholine rings is 1. The first-order chi connectivity index (χ1) is 9.91. The summed E-state index contributed by atoms with van der Waals surface area (Å²) in [5, 5.41) is 19.7. The topological polar surface area (TPSA) is 115 Å². The van der Waals surface area contributed by atoms with Crippen molar-refractivity contribution in [2.24, 2.45) is 7.05 Å². The number of hydrogen-bond donors (Lipinski definition) is 1. The van der Waals surface area contributed by atoms with Gasteiger partial charge in [0.25, 0.3) is 5.91 Å². The summed E-state index contributed by atoms with van der Waals surface area (Å²) in [6, 6.07) is 2.05. The second-order valence-electron chi connectivity index (χ2n) is 4.72. The molecule has 1 fully saturated rings. The van der Waals surface area contributed by atoms with Crippen molar-refractivity contribution in [1.29, 1.82) is 0 Å². The maximum Gasteiger partial charge on any atom is 0.323 e. The Balaban J connectivity index is 2.24. The molecule has 0 radical (unpaired) electrons. The highest BCUT2D eigenvalue weighted by Crippen LogP contribution is 2.20. The minimum Gasteiger partial charge on any atom is -0.481 e. The van der Waals surface area contributed by atoms with Crippen LogP contribution in [0, 0.1) is 10.1 Å². The van der Waals surface area contributed by atoms with Crippen LogP contribution in [-0.4, -0.2) is 57.2 Å². The molecule has 1 N–H and O–H groups in total. The van der Waals surface area contributed by atoms with Crippen LogP contribution in [0.4, 0.5) is 5.82 Å². The molecule has 1 saturated heterocycles. The summed E-state index contributed by atoms with van der Waals surface area (Å²) in [5.74, 6) is -1.65. The number of carboxylic acids is 1. The predicted molar refractivity (Wildman–Crippen MR) is 70.0 cm³/mol. The molecule has 1 atom stereocenters. The van der Waals surface area contributed by atoms with Gasteiger partial charge in [-0.15, -0.1) is 0 Å². The van der Waals surface area contributed by atoms with E-state index in [-0.39, 0.29) is 31.1 Å². The van der Waals surface area contributed by atoms with E-state index in [2.05, 4.69) is 0 Å². The number of aromatic nitrogens is 1. The Morgan fingerprint density at radius 3 is 2.81 bits per heavy atom. The van der Waals surface area contributed by atoms with Gasteiger partial charge in [0.1, 0.15) is 0 Å². The zero-order chi connectivity index (χ0) is 15.6. The first kappa shape index (κ1) is 15.0. The minimum atomic E-state index is -1.03. The van der Waals surface area contributed by atoms with Gasteiger partial charge < -0.3 is 24.9 Å². The zero-order valence-electron chi connectivity index (χ0n) is 11.4. The summed E-state index contributed by atoms with van der Waals surface area (Å²) in [7, 11) is 1.43. The molecule has 1 amide bonds. The number of carboxylic acid groups (broad SMARTS) is 1. The van der Waals surface area contributed by atoms with E-state index in [9.17, 15) is 19.7 Å². The molecule has 2 rings (SSSR count). The fraction of sp³-hybridized carbons (Fsp3) is 0.500. The highest BCUT2D eigenvalue weighted by molar-refractivity contribution is 5.94. The molecule has 9 nitrogen and oxygen atoms in total. The lowest BCUT2D eigenvalue weighted by Crippen LogP contribution is -2.49. The molecule has 0 spiro atoms. The van der Waals surface area contributed by atoms with Crippen molar-refractivity contribution in [3.05, 3.63) is 27.9 Å². The van der Waals surface area contributed by atoms with E-state index in [4.69, 9.17) is 9.84 Å². The number of ether oxygens (including phenoxy) is 1. The lowest BCUT2D eigenvalue weighted by molar-refractivity contribution is -0.391. The largest absolute Gasteiger partial charge is 0.481 e. The van der Waals surface area contributed by atoms with Gasteiger partial charge in [0.15, 0.2) is 5.69 Å². The van der Waals surface area contributed by atoms with Crippen molar-refractivity contribution in [2.75, 3.05) is 19.8 Å². The van der Waals surface area contributed by atoms with Gasteiger partial charge >= 0.3 is 11.8 Å². The van der Waals surface area contributed by atoms with Gasteiger partial charge in [-0.1, -0.05) is 0 Å². The summed E-state index contributed by atoms with van der Waals surface area (Å²) in [6.07, 6.45) is -0.224. The van der Waals surface area contributed by atoms with Crippen molar-refractivity contribution in [2.45, 2.75) is 12.5 Å². The Morgan fingerprint density at radius 2 is 2.24 bits per heavy atom. The Labute approximate surface area is 119 Å². The monoisotopic (exact) mass is 297 g/mol. The maximum atomic E-state index is 12.5. The first-order valence-corrected chi connectivity index (χ1v) is 6.32. The van der Waals surface area contributed by atoms with Gasteiger partial charge in [0, 0.05) is 12.6 Å². The number of amides is 1.